The topological polar surface area (TPSA) is 42.7 Å². The molecule has 0 aliphatic carbocycles. The van der Waals surface area contributed by atoms with E-state index in [0.29, 0.717) is 6.04 Å². The minimum atomic E-state index is 0.326. The Labute approximate surface area is 125 Å². The van der Waals surface area contributed by atoms with Crippen molar-refractivity contribution < 1.29 is 0 Å². The zero-order chi connectivity index (χ0) is 14.4. The summed E-state index contributed by atoms with van der Waals surface area (Å²) in [6, 6.07) is 9.24. The summed E-state index contributed by atoms with van der Waals surface area (Å²) in [7, 11) is 3.97. The van der Waals surface area contributed by atoms with Gasteiger partial charge < -0.3 is 9.88 Å². The molecule has 0 saturated heterocycles. The van der Waals surface area contributed by atoms with Crippen molar-refractivity contribution >= 4 is 11.8 Å². The van der Waals surface area contributed by atoms with Gasteiger partial charge in [0, 0.05) is 18.8 Å². The highest BCUT2D eigenvalue weighted by molar-refractivity contribution is 7.99. The van der Waals surface area contributed by atoms with Crippen LogP contribution in [0.5, 0.6) is 0 Å². The number of aromatic nitrogens is 3. The first kappa shape index (κ1) is 15.1. The van der Waals surface area contributed by atoms with Gasteiger partial charge in [-0.05, 0) is 24.6 Å². The third-order valence-corrected chi connectivity index (χ3v) is 4.45. The molecule has 1 unspecified atom stereocenters. The van der Waals surface area contributed by atoms with Gasteiger partial charge in [-0.2, -0.15) is 0 Å². The summed E-state index contributed by atoms with van der Waals surface area (Å²) >= 11 is 1.72. The third kappa shape index (κ3) is 3.84. The second kappa shape index (κ2) is 7.45. The fraction of sp³-hybridized carbons (Fsp3) is 0.467. The predicted octanol–water partition coefficient (Wildman–Crippen LogP) is 2.82. The lowest BCUT2D eigenvalue weighted by Gasteiger charge is -2.16. The molecule has 1 aromatic carbocycles. The van der Waals surface area contributed by atoms with Crippen LogP contribution in [-0.2, 0) is 13.5 Å². The van der Waals surface area contributed by atoms with Crippen molar-refractivity contribution in [3.8, 4) is 0 Å². The van der Waals surface area contributed by atoms with E-state index in [4.69, 9.17) is 0 Å². The van der Waals surface area contributed by atoms with E-state index >= 15 is 0 Å². The maximum atomic E-state index is 4.10. The summed E-state index contributed by atoms with van der Waals surface area (Å²) in [5.41, 5.74) is 2.73. The highest BCUT2D eigenvalue weighted by Gasteiger charge is 2.11. The number of thioether (sulfide) groups is 1. The molecule has 20 heavy (non-hydrogen) atoms. The van der Waals surface area contributed by atoms with Gasteiger partial charge in [0.15, 0.2) is 5.16 Å². The zero-order valence-corrected chi connectivity index (χ0v) is 13.2. The maximum Gasteiger partial charge on any atom is 0.190 e. The molecule has 5 heteroatoms. The van der Waals surface area contributed by atoms with Crippen LogP contribution in [0, 0.1) is 0 Å². The van der Waals surface area contributed by atoms with Gasteiger partial charge in [-0.15, -0.1) is 10.2 Å². The molecule has 0 spiro atoms. The lowest BCUT2D eigenvalue weighted by atomic mass is 10.0. The van der Waals surface area contributed by atoms with E-state index in [9.17, 15) is 0 Å². The standard InChI is InChI=1S/C15H22N4S/c1-4-5-12-6-8-13(9-7-12)14(16-2)10-20-15-18-17-11-19(15)3/h6-9,11,14,16H,4-5,10H2,1-3H3. The highest BCUT2D eigenvalue weighted by atomic mass is 32.2. The number of benzene rings is 1. The van der Waals surface area contributed by atoms with Crippen molar-refractivity contribution in [2.45, 2.75) is 31.0 Å². The van der Waals surface area contributed by atoms with Crippen molar-refractivity contribution in [2.75, 3.05) is 12.8 Å². The second-order valence-electron chi connectivity index (χ2n) is 4.87. The number of aryl methyl sites for hydroxylation is 2. The smallest absolute Gasteiger partial charge is 0.190 e. The lowest BCUT2D eigenvalue weighted by molar-refractivity contribution is 0.659. The number of hydrogen-bond donors (Lipinski definition) is 1. The Morgan fingerprint density at radius 1 is 1.30 bits per heavy atom. The summed E-state index contributed by atoms with van der Waals surface area (Å²) in [6.07, 6.45) is 4.07. The summed E-state index contributed by atoms with van der Waals surface area (Å²) < 4.78 is 1.95. The predicted molar refractivity (Wildman–Crippen MR) is 84.0 cm³/mol. The first-order chi connectivity index (χ1) is 9.74. The Morgan fingerprint density at radius 2 is 2.05 bits per heavy atom. The van der Waals surface area contributed by atoms with Crippen LogP contribution in [0.4, 0.5) is 0 Å². The summed E-state index contributed by atoms with van der Waals surface area (Å²) in [6.45, 7) is 2.21. The summed E-state index contributed by atoms with van der Waals surface area (Å²) in [4.78, 5) is 0. The molecular weight excluding hydrogens is 268 g/mol. The zero-order valence-electron chi connectivity index (χ0n) is 12.3. The molecule has 2 rings (SSSR count). The van der Waals surface area contributed by atoms with Crippen LogP contribution in [0.25, 0.3) is 0 Å². The first-order valence-electron chi connectivity index (χ1n) is 6.97. The van der Waals surface area contributed by atoms with E-state index in [2.05, 4.69) is 46.7 Å². The number of hydrogen-bond acceptors (Lipinski definition) is 4. The number of nitrogens with zero attached hydrogens (tertiary/aromatic N) is 3. The molecule has 4 nitrogen and oxygen atoms in total. The Bertz CT molecular complexity index is 521. The Kier molecular flexibility index (Phi) is 5.61. The molecule has 0 amide bonds. The summed E-state index contributed by atoms with van der Waals surface area (Å²) in [5, 5.41) is 12.3. The van der Waals surface area contributed by atoms with Gasteiger partial charge in [-0.3, -0.25) is 0 Å². The average Bonchev–Trinajstić information content (AvgIpc) is 2.87. The van der Waals surface area contributed by atoms with Crippen LogP contribution in [0.3, 0.4) is 0 Å². The van der Waals surface area contributed by atoms with Gasteiger partial charge in [0.05, 0.1) is 0 Å². The monoisotopic (exact) mass is 290 g/mol. The molecule has 0 saturated carbocycles. The van der Waals surface area contributed by atoms with Crippen molar-refractivity contribution in [3.05, 3.63) is 41.7 Å². The van der Waals surface area contributed by atoms with E-state index in [1.165, 1.54) is 17.5 Å². The molecule has 1 heterocycles. The summed E-state index contributed by atoms with van der Waals surface area (Å²) in [5.74, 6) is 0.941. The minimum Gasteiger partial charge on any atom is -0.312 e. The van der Waals surface area contributed by atoms with E-state index in [-0.39, 0.29) is 0 Å². The van der Waals surface area contributed by atoms with Crippen LogP contribution in [0.15, 0.2) is 35.7 Å². The quantitative estimate of drug-likeness (QED) is 0.796. The Balaban J connectivity index is 1.98. The molecule has 1 atom stereocenters. The molecule has 1 aromatic heterocycles. The Hall–Kier alpha value is -1.33. The van der Waals surface area contributed by atoms with Gasteiger partial charge in [-0.25, -0.2) is 0 Å². The maximum absolute atomic E-state index is 4.10. The van der Waals surface area contributed by atoms with Gasteiger partial charge in [0.1, 0.15) is 6.33 Å². The molecule has 0 fully saturated rings. The molecule has 0 aliphatic heterocycles. The van der Waals surface area contributed by atoms with E-state index < -0.39 is 0 Å². The van der Waals surface area contributed by atoms with Crippen LogP contribution in [0.1, 0.15) is 30.5 Å². The van der Waals surface area contributed by atoms with Crippen molar-refractivity contribution in [1.29, 1.82) is 0 Å². The average molecular weight is 290 g/mol. The molecular formula is C15H22N4S. The van der Waals surface area contributed by atoms with E-state index in [1.807, 2.05) is 18.7 Å². The number of rotatable bonds is 7. The van der Waals surface area contributed by atoms with E-state index in [1.54, 1.807) is 18.1 Å². The highest BCUT2D eigenvalue weighted by Crippen LogP contribution is 2.23. The van der Waals surface area contributed by atoms with E-state index in [0.717, 1.165) is 17.3 Å². The van der Waals surface area contributed by atoms with Gasteiger partial charge >= 0.3 is 0 Å². The molecule has 2 aromatic rings. The van der Waals surface area contributed by atoms with Crippen molar-refractivity contribution in [2.24, 2.45) is 7.05 Å². The largest absolute Gasteiger partial charge is 0.312 e. The van der Waals surface area contributed by atoms with Crippen LogP contribution < -0.4 is 5.32 Å². The lowest BCUT2D eigenvalue weighted by Crippen LogP contribution is -2.19. The van der Waals surface area contributed by atoms with Gasteiger partial charge in [-0.1, -0.05) is 49.4 Å². The minimum absolute atomic E-state index is 0.326. The van der Waals surface area contributed by atoms with Crippen LogP contribution >= 0.6 is 11.8 Å². The molecule has 1 N–H and O–H groups in total. The first-order valence-corrected chi connectivity index (χ1v) is 7.96. The Morgan fingerprint density at radius 3 is 2.60 bits per heavy atom. The fourth-order valence-corrected chi connectivity index (χ4v) is 3.14. The molecule has 0 bridgehead atoms. The van der Waals surface area contributed by atoms with Gasteiger partial charge in [0.25, 0.3) is 0 Å². The van der Waals surface area contributed by atoms with Crippen LogP contribution in [0.2, 0.25) is 0 Å². The molecule has 0 aliphatic rings. The van der Waals surface area contributed by atoms with Crippen molar-refractivity contribution in [3.63, 3.8) is 0 Å². The third-order valence-electron chi connectivity index (χ3n) is 3.32. The molecule has 108 valence electrons. The number of nitrogens with one attached hydrogen (secondary N) is 1. The van der Waals surface area contributed by atoms with Crippen LogP contribution in [-0.4, -0.2) is 27.6 Å². The van der Waals surface area contributed by atoms with Crippen molar-refractivity contribution in [1.82, 2.24) is 20.1 Å². The van der Waals surface area contributed by atoms with Gasteiger partial charge in [0.2, 0.25) is 0 Å². The fourth-order valence-electron chi connectivity index (χ4n) is 2.11. The SMILES string of the molecule is CCCc1ccc(C(CSc2nncn2C)NC)cc1. The molecule has 0 radical (unpaired) electrons. The normalized spacial score (nSPS) is 12.6. The second-order valence-corrected chi connectivity index (χ2v) is 5.86.